The van der Waals surface area contributed by atoms with Gasteiger partial charge in [0.25, 0.3) is 0 Å². The van der Waals surface area contributed by atoms with Gasteiger partial charge in [-0.05, 0) is 31.7 Å². The number of aryl methyl sites for hydroxylation is 1. The number of hydrogen-bond acceptors (Lipinski definition) is 4. The van der Waals surface area contributed by atoms with Crippen LogP contribution in [0.3, 0.4) is 0 Å². The van der Waals surface area contributed by atoms with E-state index in [4.69, 9.17) is 4.52 Å². The van der Waals surface area contributed by atoms with E-state index in [9.17, 15) is 0 Å². The first kappa shape index (κ1) is 21.1. The van der Waals surface area contributed by atoms with Crippen molar-refractivity contribution < 1.29 is 4.52 Å². The Labute approximate surface area is 149 Å². The maximum absolute atomic E-state index is 5.22. The molecule has 0 saturated carbocycles. The van der Waals surface area contributed by atoms with Gasteiger partial charge in [-0.25, -0.2) is 0 Å². The molecule has 0 aliphatic rings. The van der Waals surface area contributed by atoms with Gasteiger partial charge in [0.15, 0.2) is 5.82 Å². The van der Waals surface area contributed by atoms with Crippen molar-refractivity contribution in [3.8, 4) is 0 Å². The number of aromatic nitrogens is 2. The minimum atomic E-state index is -0.225. The molecule has 1 aromatic heterocycles. The first-order valence-corrected chi connectivity index (χ1v) is 9.83. The first-order chi connectivity index (χ1) is 11.3. The van der Waals surface area contributed by atoms with Crippen molar-refractivity contribution in [2.45, 2.75) is 105 Å². The van der Waals surface area contributed by atoms with Gasteiger partial charge < -0.3 is 9.84 Å². The lowest BCUT2D eigenvalue weighted by atomic mass is 9.80. The van der Waals surface area contributed by atoms with E-state index < -0.39 is 0 Å². The van der Waals surface area contributed by atoms with E-state index in [0.29, 0.717) is 5.89 Å². The summed E-state index contributed by atoms with van der Waals surface area (Å²) in [4.78, 5) is 4.48. The van der Waals surface area contributed by atoms with Gasteiger partial charge in [0, 0.05) is 6.92 Å². The van der Waals surface area contributed by atoms with Crippen molar-refractivity contribution in [3.05, 3.63) is 11.7 Å². The standard InChI is InChI=1S/C20H39N3O/c1-7-8-9-10-11-12-13-14-15-21-20(6,16-19(3,4)5)18-22-17(2)24-23-18/h21H,7-16H2,1-6H3. The van der Waals surface area contributed by atoms with Gasteiger partial charge in [0.2, 0.25) is 5.89 Å². The fourth-order valence-corrected chi connectivity index (χ4v) is 3.43. The molecule has 1 rings (SSSR count). The van der Waals surface area contributed by atoms with Crippen LogP contribution in [0.2, 0.25) is 0 Å². The highest BCUT2D eigenvalue weighted by Gasteiger charge is 2.35. The van der Waals surface area contributed by atoms with Gasteiger partial charge >= 0.3 is 0 Å². The fraction of sp³-hybridized carbons (Fsp3) is 0.900. The second-order valence-electron chi connectivity index (χ2n) is 8.61. The van der Waals surface area contributed by atoms with Crippen LogP contribution in [-0.2, 0) is 5.54 Å². The zero-order chi connectivity index (χ0) is 18.1. The molecule has 0 aromatic carbocycles. The third-order valence-electron chi connectivity index (χ3n) is 4.45. The maximum atomic E-state index is 5.22. The topological polar surface area (TPSA) is 51.0 Å². The van der Waals surface area contributed by atoms with Gasteiger partial charge in [0.1, 0.15) is 0 Å². The zero-order valence-electron chi connectivity index (χ0n) is 16.9. The lowest BCUT2D eigenvalue weighted by Crippen LogP contribution is -2.44. The third-order valence-corrected chi connectivity index (χ3v) is 4.45. The molecule has 1 unspecified atom stereocenters. The normalized spacial score (nSPS) is 14.8. The summed E-state index contributed by atoms with van der Waals surface area (Å²) in [5.41, 5.74) is -0.0211. The Morgan fingerprint density at radius 2 is 1.50 bits per heavy atom. The number of hydrogen-bond donors (Lipinski definition) is 1. The van der Waals surface area contributed by atoms with Crippen molar-refractivity contribution >= 4 is 0 Å². The van der Waals surface area contributed by atoms with Crippen molar-refractivity contribution in [2.75, 3.05) is 6.54 Å². The molecular formula is C20H39N3O. The Morgan fingerprint density at radius 1 is 0.917 bits per heavy atom. The Kier molecular flexibility index (Phi) is 8.96. The Morgan fingerprint density at radius 3 is 2.00 bits per heavy atom. The summed E-state index contributed by atoms with van der Waals surface area (Å²) in [7, 11) is 0. The molecule has 1 heterocycles. The van der Waals surface area contributed by atoms with E-state index in [1.54, 1.807) is 0 Å². The van der Waals surface area contributed by atoms with E-state index >= 15 is 0 Å². The van der Waals surface area contributed by atoms with Crippen molar-refractivity contribution in [3.63, 3.8) is 0 Å². The fourth-order valence-electron chi connectivity index (χ4n) is 3.43. The van der Waals surface area contributed by atoms with E-state index in [1.807, 2.05) is 6.92 Å². The summed E-state index contributed by atoms with van der Waals surface area (Å²) >= 11 is 0. The molecule has 140 valence electrons. The van der Waals surface area contributed by atoms with Crippen molar-refractivity contribution in [1.29, 1.82) is 0 Å². The molecule has 0 aliphatic heterocycles. The van der Waals surface area contributed by atoms with Crippen molar-refractivity contribution in [1.82, 2.24) is 15.5 Å². The predicted molar refractivity (Wildman–Crippen MR) is 101 cm³/mol. The maximum Gasteiger partial charge on any atom is 0.223 e. The van der Waals surface area contributed by atoms with Gasteiger partial charge in [-0.1, -0.05) is 77.8 Å². The zero-order valence-corrected chi connectivity index (χ0v) is 16.9. The molecule has 4 nitrogen and oxygen atoms in total. The van der Waals surface area contributed by atoms with Crippen LogP contribution in [-0.4, -0.2) is 16.7 Å². The molecule has 0 radical (unpaired) electrons. The van der Waals surface area contributed by atoms with Crippen molar-refractivity contribution in [2.24, 2.45) is 5.41 Å². The summed E-state index contributed by atoms with van der Waals surface area (Å²) in [5, 5.41) is 7.89. The SMILES string of the molecule is CCCCCCCCCCNC(C)(CC(C)(C)C)c1noc(C)n1. The minimum Gasteiger partial charge on any atom is -0.340 e. The monoisotopic (exact) mass is 337 g/mol. The van der Waals surface area contributed by atoms with Crippen LogP contribution in [0.15, 0.2) is 4.52 Å². The molecule has 0 saturated heterocycles. The van der Waals surface area contributed by atoms with Crippen LogP contribution in [0.5, 0.6) is 0 Å². The van der Waals surface area contributed by atoms with Gasteiger partial charge in [-0.2, -0.15) is 4.98 Å². The Balaban J connectivity index is 2.38. The summed E-state index contributed by atoms with van der Waals surface area (Å²) in [6.07, 6.45) is 11.7. The molecular weight excluding hydrogens is 298 g/mol. The van der Waals surface area contributed by atoms with Crippen LogP contribution in [0.1, 0.15) is 104 Å². The highest BCUT2D eigenvalue weighted by molar-refractivity contribution is 5.04. The average molecular weight is 338 g/mol. The Hall–Kier alpha value is -0.900. The molecule has 0 aliphatic carbocycles. The molecule has 0 fully saturated rings. The van der Waals surface area contributed by atoms with Gasteiger partial charge in [-0.15, -0.1) is 0 Å². The molecule has 4 heteroatoms. The second kappa shape index (κ2) is 10.2. The average Bonchev–Trinajstić information content (AvgIpc) is 2.91. The number of unbranched alkanes of at least 4 members (excludes halogenated alkanes) is 7. The summed E-state index contributed by atoms with van der Waals surface area (Å²) in [6.45, 7) is 14.1. The minimum absolute atomic E-state index is 0.204. The molecule has 0 amide bonds. The van der Waals surface area contributed by atoms with Crippen LogP contribution >= 0.6 is 0 Å². The van der Waals surface area contributed by atoms with Gasteiger partial charge in [-0.3, -0.25) is 0 Å². The number of nitrogens with zero attached hydrogens (tertiary/aromatic N) is 2. The molecule has 24 heavy (non-hydrogen) atoms. The summed E-state index contributed by atoms with van der Waals surface area (Å²) in [5.74, 6) is 1.42. The lowest BCUT2D eigenvalue weighted by molar-refractivity contribution is 0.209. The van der Waals surface area contributed by atoms with E-state index in [1.165, 1.54) is 51.4 Å². The number of nitrogens with one attached hydrogen (secondary N) is 1. The molecule has 0 spiro atoms. The van der Waals surface area contributed by atoms with Crippen LogP contribution in [0, 0.1) is 12.3 Å². The van der Waals surface area contributed by atoms with Gasteiger partial charge in [0.05, 0.1) is 5.54 Å². The van der Waals surface area contributed by atoms with E-state index in [0.717, 1.165) is 18.8 Å². The highest BCUT2D eigenvalue weighted by atomic mass is 16.5. The summed E-state index contributed by atoms with van der Waals surface area (Å²) < 4.78 is 5.22. The second-order valence-corrected chi connectivity index (χ2v) is 8.61. The smallest absolute Gasteiger partial charge is 0.223 e. The molecule has 1 atom stereocenters. The molecule has 1 aromatic rings. The first-order valence-electron chi connectivity index (χ1n) is 9.83. The molecule has 1 N–H and O–H groups in total. The van der Waals surface area contributed by atoms with Crippen LogP contribution in [0.4, 0.5) is 0 Å². The third kappa shape index (κ3) is 8.27. The Bertz CT molecular complexity index is 450. The predicted octanol–water partition coefficient (Wildman–Crippen LogP) is 5.76. The van der Waals surface area contributed by atoms with E-state index in [2.05, 4.69) is 50.1 Å². The molecule has 0 bridgehead atoms. The quantitative estimate of drug-likeness (QED) is 0.493. The van der Waals surface area contributed by atoms with Crippen LogP contribution < -0.4 is 5.32 Å². The van der Waals surface area contributed by atoms with Crippen LogP contribution in [0.25, 0.3) is 0 Å². The summed E-state index contributed by atoms with van der Waals surface area (Å²) in [6, 6.07) is 0. The van der Waals surface area contributed by atoms with E-state index in [-0.39, 0.29) is 11.0 Å². The highest BCUT2D eigenvalue weighted by Crippen LogP contribution is 2.33. The lowest BCUT2D eigenvalue weighted by Gasteiger charge is -2.34. The largest absolute Gasteiger partial charge is 0.340 e. The number of rotatable bonds is 12.